The molecule has 0 unspecified atom stereocenters. The number of hydrogen-bond acceptors (Lipinski definition) is 4. The molecule has 1 heterocycles. The lowest BCUT2D eigenvalue weighted by atomic mass is 9.92. The highest BCUT2D eigenvalue weighted by Gasteiger charge is 2.35. The Balaban J connectivity index is 2.20. The van der Waals surface area contributed by atoms with Crippen molar-refractivity contribution in [2.24, 2.45) is 0 Å². The van der Waals surface area contributed by atoms with E-state index in [9.17, 15) is 14.4 Å². The molecule has 132 valence electrons. The summed E-state index contributed by atoms with van der Waals surface area (Å²) in [6, 6.07) is 12.0. The third-order valence-corrected chi connectivity index (χ3v) is 4.45. The summed E-state index contributed by atoms with van der Waals surface area (Å²) in [5.41, 5.74) is 1.61. The molecule has 2 aromatic carbocycles. The number of carboxylic acids is 1. The Morgan fingerprint density at radius 1 is 1.15 bits per heavy atom. The fourth-order valence-electron chi connectivity index (χ4n) is 2.79. The number of methoxy groups -OCH3 is 1. The molecule has 3 rings (SSSR count). The van der Waals surface area contributed by atoms with E-state index in [0.29, 0.717) is 16.9 Å². The minimum absolute atomic E-state index is 0.234. The number of rotatable bonds is 4. The molecular formula is C19H14BrNO5. The number of carboxylic acid groups (broad SMARTS) is 1. The van der Waals surface area contributed by atoms with Gasteiger partial charge in [0.2, 0.25) is 0 Å². The van der Waals surface area contributed by atoms with Gasteiger partial charge in [0.05, 0.1) is 7.11 Å². The number of hydrogen-bond donors (Lipinski definition) is 1. The molecule has 0 atom stereocenters. The van der Waals surface area contributed by atoms with Gasteiger partial charge in [0.15, 0.2) is 0 Å². The molecule has 0 aliphatic carbocycles. The smallest absolute Gasteiger partial charge is 0.323 e. The van der Waals surface area contributed by atoms with E-state index in [1.54, 1.807) is 48.5 Å². The largest absolute Gasteiger partial charge is 0.496 e. The summed E-state index contributed by atoms with van der Waals surface area (Å²) in [6.45, 7) is -0.695. The van der Waals surface area contributed by atoms with Crippen LogP contribution in [0.1, 0.15) is 21.5 Å². The molecule has 0 saturated heterocycles. The van der Waals surface area contributed by atoms with Gasteiger partial charge in [-0.25, -0.2) is 0 Å². The van der Waals surface area contributed by atoms with Crippen molar-refractivity contribution in [2.75, 3.05) is 13.7 Å². The standard InChI is InChI=1S/C19H14BrNO5/c1-26-16-7-6-12(20)8-11(16)9-15-13-4-2-3-5-14(13)18(24)21(19(15)25)10-17(22)23/h2-9H,10H2,1H3,(H,22,23)/b15-9-. The minimum Gasteiger partial charge on any atom is -0.496 e. The van der Waals surface area contributed by atoms with Gasteiger partial charge in [-0.05, 0) is 35.9 Å². The van der Waals surface area contributed by atoms with Crippen molar-refractivity contribution >= 4 is 45.4 Å². The van der Waals surface area contributed by atoms with Crippen molar-refractivity contribution in [1.29, 1.82) is 0 Å². The van der Waals surface area contributed by atoms with Crippen LogP contribution in [0.2, 0.25) is 0 Å². The fraction of sp³-hybridized carbons (Fsp3) is 0.105. The highest BCUT2D eigenvalue weighted by atomic mass is 79.9. The minimum atomic E-state index is -1.26. The van der Waals surface area contributed by atoms with Crippen molar-refractivity contribution in [2.45, 2.75) is 0 Å². The lowest BCUT2D eigenvalue weighted by molar-refractivity contribution is -0.141. The Labute approximate surface area is 157 Å². The van der Waals surface area contributed by atoms with Crippen molar-refractivity contribution in [3.63, 3.8) is 0 Å². The predicted molar refractivity (Wildman–Crippen MR) is 98.7 cm³/mol. The second-order valence-electron chi connectivity index (χ2n) is 5.58. The zero-order valence-electron chi connectivity index (χ0n) is 13.7. The first kappa shape index (κ1) is 17.9. The highest BCUT2D eigenvalue weighted by molar-refractivity contribution is 9.10. The van der Waals surface area contributed by atoms with Gasteiger partial charge in [-0.3, -0.25) is 19.3 Å². The van der Waals surface area contributed by atoms with Gasteiger partial charge in [-0.2, -0.15) is 0 Å². The van der Waals surface area contributed by atoms with Gasteiger partial charge in [-0.1, -0.05) is 34.1 Å². The highest BCUT2D eigenvalue weighted by Crippen LogP contribution is 2.33. The van der Waals surface area contributed by atoms with Crippen LogP contribution in [0.15, 0.2) is 46.9 Å². The summed E-state index contributed by atoms with van der Waals surface area (Å²) in [6.07, 6.45) is 1.60. The Morgan fingerprint density at radius 2 is 1.85 bits per heavy atom. The molecule has 0 bridgehead atoms. The maximum atomic E-state index is 12.8. The van der Waals surface area contributed by atoms with E-state index in [2.05, 4.69) is 15.9 Å². The maximum Gasteiger partial charge on any atom is 0.323 e. The number of ether oxygens (including phenoxy) is 1. The molecule has 26 heavy (non-hydrogen) atoms. The van der Waals surface area contributed by atoms with Gasteiger partial charge in [0.1, 0.15) is 12.3 Å². The van der Waals surface area contributed by atoms with Crippen molar-refractivity contribution in [3.8, 4) is 5.75 Å². The van der Waals surface area contributed by atoms with Crippen LogP contribution in [-0.4, -0.2) is 41.4 Å². The molecule has 2 aromatic rings. The van der Waals surface area contributed by atoms with E-state index in [4.69, 9.17) is 9.84 Å². The van der Waals surface area contributed by atoms with E-state index in [-0.39, 0.29) is 11.1 Å². The van der Waals surface area contributed by atoms with Gasteiger partial charge in [0, 0.05) is 21.2 Å². The topological polar surface area (TPSA) is 83.9 Å². The van der Waals surface area contributed by atoms with Crippen molar-refractivity contribution in [1.82, 2.24) is 4.90 Å². The third kappa shape index (κ3) is 3.25. The van der Waals surface area contributed by atoms with E-state index < -0.39 is 24.3 Å². The van der Waals surface area contributed by atoms with Gasteiger partial charge in [-0.15, -0.1) is 0 Å². The average Bonchev–Trinajstić information content (AvgIpc) is 2.62. The van der Waals surface area contributed by atoms with Crippen LogP contribution >= 0.6 is 15.9 Å². The second kappa shape index (κ2) is 7.13. The molecule has 1 aliphatic heterocycles. The first-order chi connectivity index (χ1) is 12.4. The van der Waals surface area contributed by atoms with Gasteiger partial charge < -0.3 is 9.84 Å². The lowest BCUT2D eigenvalue weighted by Gasteiger charge is -2.27. The summed E-state index contributed by atoms with van der Waals surface area (Å²) in [4.78, 5) is 37.2. The molecule has 0 saturated carbocycles. The second-order valence-corrected chi connectivity index (χ2v) is 6.50. The molecule has 1 N–H and O–H groups in total. The number of halogens is 1. The summed E-state index contributed by atoms with van der Waals surface area (Å²) in [7, 11) is 1.52. The zero-order valence-corrected chi connectivity index (χ0v) is 15.3. The summed E-state index contributed by atoms with van der Waals surface area (Å²) >= 11 is 3.38. The van der Waals surface area contributed by atoms with E-state index in [1.807, 2.05) is 0 Å². The third-order valence-electron chi connectivity index (χ3n) is 3.95. The molecule has 0 spiro atoms. The molecule has 0 radical (unpaired) electrons. The van der Waals surface area contributed by atoms with Crippen LogP contribution in [-0.2, 0) is 9.59 Å². The molecule has 7 heteroatoms. The summed E-state index contributed by atoms with van der Waals surface area (Å²) in [5, 5.41) is 9.05. The van der Waals surface area contributed by atoms with Crippen molar-refractivity contribution in [3.05, 3.63) is 63.6 Å². The lowest BCUT2D eigenvalue weighted by Crippen LogP contribution is -2.44. The number of benzene rings is 2. The SMILES string of the molecule is COc1ccc(Br)cc1/C=C1\C(=O)N(CC(=O)O)C(=O)c2ccccc21. The van der Waals surface area contributed by atoms with Crippen LogP contribution in [0.5, 0.6) is 5.75 Å². The Morgan fingerprint density at radius 3 is 2.50 bits per heavy atom. The molecule has 0 fully saturated rings. The number of carbonyl (C=O) groups excluding carboxylic acids is 2. The number of nitrogens with zero attached hydrogens (tertiary/aromatic N) is 1. The van der Waals surface area contributed by atoms with Crippen LogP contribution in [0.3, 0.4) is 0 Å². The molecule has 6 nitrogen and oxygen atoms in total. The van der Waals surface area contributed by atoms with E-state index >= 15 is 0 Å². The van der Waals surface area contributed by atoms with Crippen LogP contribution < -0.4 is 4.74 Å². The maximum absolute atomic E-state index is 12.8. The van der Waals surface area contributed by atoms with Gasteiger partial charge >= 0.3 is 5.97 Å². The van der Waals surface area contributed by atoms with Crippen LogP contribution in [0.4, 0.5) is 0 Å². The first-order valence-electron chi connectivity index (χ1n) is 7.65. The monoisotopic (exact) mass is 415 g/mol. The Kier molecular flexibility index (Phi) is 4.90. The fourth-order valence-corrected chi connectivity index (χ4v) is 3.17. The zero-order chi connectivity index (χ0) is 18.8. The number of imide groups is 1. The number of fused-ring (bicyclic) bond motifs is 1. The van der Waals surface area contributed by atoms with Crippen molar-refractivity contribution < 1.29 is 24.2 Å². The van der Waals surface area contributed by atoms with Crippen LogP contribution in [0, 0.1) is 0 Å². The van der Waals surface area contributed by atoms with Crippen LogP contribution in [0.25, 0.3) is 11.6 Å². The van der Waals surface area contributed by atoms with E-state index in [1.165, 1.54) is 7.11 Å². The van der Waals surface area contributed by atoms with Gasteiger partial charge in [0.25, 0.3) is 11.8 Å². The number of carbonyl (C=O) groups is 3. The number of aliphatic carboxylic acids is 1. The molecule has 0 aromatic heterocycles. The Bertz CT molecular complexity index is 951. The predicted octanol–water partition coefficient (Wildman–Crippen LogP) is 3.07. The number of amides is 2. The van der Waals surface area contributed by atoms with E-state index in [0.717, 1.165) is 9.37 Å². The first-order valence-corrected chi connectivity index (χ1v) is 8.44. The quantitative estimate of drug-likeness (QED) is 0.612. The molecule has 2 amide bonds. The summed E-state index contributed by atoms with van der Waals surface area (Å²) in [5.74, 6) is -1.98. The molecule has 1 aliphatic rings. The average molecular weight is 416 g/mol. The normalized spacial score (nSPS) is 15.2. The Hall–Kier alpha value is -2.93. The molecular weight excluding hydrogens is 402 g/mol. The summed E-state index contributed by atoms with van der Waals surface area (Å²) < 4.78 is 6.12.